The number of nitro groups is 1. The van der Waals surface area contributed by atoms with Crippen LogP contribution >= 0.6 is 11.6 Å². The highest BCUT2D eigenvalue weighted by Gasteiger charge is 2.09. The third-order valence-corrected chi connectivity index (χ3v) is 4.43. The van der Waals surface area contributed by atoms with Crippen LogP contribution in [0.5, 0.6) is 0 Å². The van der Waals surface area contributed by atoms with Crippen molar-refractivity contribution >= 4 is 46.4 Å². The van der Waals surface area contributed by atoms with Gasteiger partial charge in [0.15, 0.2) is 5.58 Å². The van der Waals surface area contributed by atoms with Crippen LogP contribution in [0.15, 0.2) is 82.2 Å². The van der Waals surface area contributed by atoms with Crippen molar-refractivity contribution in [3.63, 3.8) is 0 Å². The Morgan fingerprint density at radius 1 is 1.07 bits per heavy atom. The molecular formula is C22H14ClN3O3. The average Bonchev–Trinajstić information content (AvgIpc) is 3.15. The molecule has 7 heteroatoms. The van der Waals surface area contributed by atoms with E-state index in [9.17, 15) is 10.1 Å². The normalized spacial score (nSPS) is 11.6. The first-order chi connectivity index (χ1) is 14.1. The molecule has 0 N–H and O–H groups in total. The summed E-state index contributed by atoms with van der Waals surface area (Å²) in [7, 11) is 0. The summed E-state index contributed by atoms with van der Waals surface area (Å²) in [6.07, 6.45) is 4.89. The second-order valence-corrected chi connectivity index (χ2v) is 6.57. The van der Waals surface area contributed by atoms with Crippen LogP contribution in [-0.4, -0.2) is 16.1 Å². The van der Waals surface area contributed by atoms with E-state index in [1.807, 2.05) is 24.3 Å². The first kappa shape index (κ1) is 18.6. The lowest BCUT2D eigenvalue weighted by molar-refractivity contribution is -0.385. The summed E-state index contributed by atoms with van der Waals surface area (Å²) in [5.41, 5.74) is 3.44. The molecule has 0 aliphatic rings. The standard InChI is InChI=1S/C22H14ClN3O3/c23-17-9-7-16(8-10-17)22-25-19-14-18(11-12-21(19)29-22)24-13-3-5-15-4-1-2-6-20(15)26(27)28/h1-14H/b5-3+,24-13?. The molecule has 0 aliphatic carbocycles. The van der Waals surface area contributed by atoms with Gasteiger partial charge in [0.2, 0.25) is 5.89 Å². The Hall–Kier alpha value is -3.77. The number of rotatable bonds is 5. The summed E-state index contributed by atoms with van der Waals surface area (Å²) in [5, 5.41) is 11.7. The van der Waals surface area contributed by atoms with Crippen molar-refractivity contribution in [2.45, 2.75) is 0 Å². The summed E-state index contributed by atoms with van der Waals surface area (Å²) in [6.45, 7) is 0. The zero-order valence-electron chi connectivity index (χ0n) is 15.0. The van der Waals surface area contributed by atoms with Crippen LogP contribution in [0.4, 0.5) is 11.4 Å². The van der Waals surface area contributed by atoms with Gasteiger partial charge in [0.25, 0.3) is 5.69 Å². The van der Waals surface area contributed by atoms with Gasteiger partial charge in [0.05, 0.1) is 16.2 Å². The van der Waals surface area contributed by atoms with Gasteiger partial charge in [-0.25, -0.2) is 4.98 Å². The molecule has 0 bridgehead atoms. The first-order valence-electron chi connectivity index (χ1n) is 8.71. The topological polar surface area (TPSA) is 81.5 Å². The highest BCUT2D eigenvalue weighted by atomic mass is 35.5. The zero-order valence-corrected chi connectivity index (χ0v) is 15.8. The van der Waals surface area contributed by atoms with Gasteiger partial charge < -0.3 is 4.42 Å². The maximum absolute atomic E-state index is 11.0. The fourth-order valence-corrected chi connectivity index (χ4v) is 2.91. The van der Waals surface area contributed by atoms with E-state index in [-0.39, 0.29) is 5.69 Å². The van der Waals surface area contributed by atoms with Gasteiger partial charge in [-0.2, -0.15) is 0 Å². The van der Waals surface area contributed by atoms with E-state index in [1.165, 1.54) is 6.07 Å². The molecule has 1 aromatic heterocycles. The minimum atomic E-state index is -0.409. The number of aliphatic imine (C=N–C) groups is 1. The summed E-state index contributed by atoms with van der Waals surface area (Å²) >= 11 is 5.92. The fraction of sp³-hybridized carbons (Fsp3) is 0. The van der Waals surface area contributed by atoms with Crippen LogP contribution in [0, 0.1) is 10.1 Å². The predicted octanol–water partition coefficient (Wildman–Crippen LogP) is 6.47. The number of hydrogen-bond donors (Lipinski definition) is 0. The molecule has 4 rings (SSSR count). The lowest BCUT2D eigenvalue weighted by Crippen LogP contribution is -1.90. The molecule has 0 fully saturated rings. The number of halogens is 1. The van der Waals surface area contributed by atoms with Gasteiger partial charge in [-0.05, 0) is 60.7 Å². The van der Waals surface area contributed by atoms with Crippen molar-refractivity contribution in [3.8, 4) is 11.5 Å². The van der Waals surface area contributed by atoms with Crippen molar-refractivity contribution in [1.82, 2.24) is 4.98 Å². The maximum atomic E-state index is 11.0. The van der Waals surface area contributed by atoms with Gasteiger partial charge >= 0.3 is 0 Å². The average molecular weight is 404 g/mol. The summed E-state index contributed by atoms with van der Waals surface area (Å²) < 4.78 is 5.78. The molecule has 3 aromatic carbocycles. The Morgan fingerprint density at radius 2 is 1.86 bits per heavy atom. The summed E-state index contributed by atoms with van der Waals surface area (Å²) in [5.74, 6) is 0.508. The molecule has 1 heterocycles. The summed E-state index contributed by atoms with van der Waals surface area (Å²) in [6, 6.07) is 19.2. The molecule has 0 aliphatic heterocycles. The first-order valence-corrected chi connectivity index (χ1v) is 9.09. The Bertz CT molecular complexity index is 1240. The number of fused-ring (bicyclic) bond motifs is 1. The lowest BCUT2D eigenvalue weighted by atomic mass is 10.1. The van der Waals surface area contributed by atoms with E-state index in [2.05, 4.69) is 9.98 Å². The molecule has 0 radical (unpaired) electrons. The molecule has 0 unspecified atom stereocenters. The fourth-order valence-electron chi connectivity index (χ4n) is 2.78. The molecule has 0 atom stereocenters. The molecule has 142 valence electrons. The molecule has 0 spiro atoms. The number of allylic oxidation sites excluding steroid dienone is 1. The molecule has 0 saturated carbocycles. The van der Waals surface area contributed by atoms with Gasteiger partial charge in [0.1, 0.15) is 5.52 Å². The second kappa shape index (κ2) is 8.08. The van der Waals surface area contributed by atoms with Crippen molar-refractivity contribution < 1.29 is 9.34 Å². The third kappa shape index (κ3) is 4.23. The smallest absolute Gasteiger partial charge is 0.276 e. The Kier molecular flexibility index (Phi) is 5.18. The molecular weight excluding hydrogens is 390 g/mol. The van der Waals surface area contributed by atoms with Crippen LogP contribution in [0.25, 0.3) is 28.6 Å². The number of oxazole rings is 1. The number of para-hydroxylation sites is 1. The monoisotopic (exact) mass is 403 g/mol. The highest BCUT2D eigenvalue weighted by Crippen LogP contribution is 2.28. The van der Waals surface area contributed by atoms with E-state index in [4.69, 9.17) is 16.0 Å². The van der Waals surface area contributed by atoms with Crippen LogP contribution in [0.2, 0.25) is 5.02 Å². The van der Waals surface area contributed by atoms with Gasteiger partial charge in [-0.3, -0.25) is 15.1 Å². The largest absolute Gasteiger partial charge is 0.436 e. The molecule has 0 saturated heterocycles. The van der Waals surface area contributed by atoms with E-state index < -0.39 is 4.92 Å². The van der Waals surface area contributed by atoms with Crippen molar-refractivity contribution in [2.75, 3.05) is 0 Å². The Labute approximate surface area is 170 Å². The van der Waals surface area contributed by atoms with Crippen molar-refractivity contribution in [2.24, 2.45) is 4.99 Å². The minimum absolute atomic E-state index is 0.0518. The highest BCUT2D eigenvalue weighted by molar-refractivity contribution is 6.30. The van der Waals surface area contributed by atoms with Crippen LogP contribution in [0.3, 0.4) is 0 Å². The van der Waals surface area contributed by atoms with Crippen molar-refractivity contribution in [1.29, 1.82) is 0 Å². The minimum Gasteiger partial charge on any atom is -0.436 e. The predicted molar refractivity (Wildman–Crippen MR) is 115 cm³/mol. The molecule has 29 heavy (non-hydrogen) atoms. The van der Waals surface area contributed by atoms with Gasteiger partial charge in [0, 0.05) is 22.9 Å². The lowest BCUT2D eigenvalue weighted by Gasteiger charge is -1.95. The maximum Gasteiger partial charge on any atom is 0.276 e. The number of hydrogen-bond acceptors (Lipinski definition) is 5. The third-order valence-electron chi connectivity index (χ3n) is 4.18. The van der Waals surface area contributed by atoms with Crippen molar-refractivity contribution in [3.05, 3.63) is 93.5 Å². The van der Waals surface area contributed by atoms with Crippen LogP contribution in [-0.2, 0) is 0 Å². The molecule has 4 aromatic rings. The van der Waals surface area contributed by atoms with Crippen LogP contribution < -0.4 is 0 Å². The molecule has 0 amide bonds. The zero-order chi connectivity index (χ0) is 20.2. The molecule has 6 nitrogen and oxygen atoms in total. The second-order valence-electron chi connectivity index (χ2n) is 6.13. The van der Waals surface area contributed by atoms with E-state index in [1.54, 1.807) is 54.8 Å². The van der Waals surface area contributed by atoms with Gasteiger partial charge in [-0.15, -0.1) is 0 Å². The number of benzene rings is 3. The Morgan fingerprint density at radius 3 is 2.66 bits per heavy atom. The quantitative estimate of drug-likeness (QED) is 0.217. The number of nitro benzene ring substituents is 1. The van der Waals surface area contributed by atoms with E-state index in [0.29, 0.717) is 33.3 Å². The number of aromatic nitrogens is 1. The summed E-state index contributed by atoms with van der Waals surface area (Å²) in [4.78, 5) is 19.5. The Balaban J connectivity index is 1.54. The van der Waals surface area contributed by atoms with E-state index in [0.717, 1.165) is 5.56 Å². The number of nitrogens with zero attached hydrogens (tertiary/aromatic N) is 3. The van der Waals surface area contributed by atoms with Gasteiger partial charge in [-0.1, -0.05) is 23.7 Å². The van der Waals surface area contributed by atoms with Crippen LogP contribution in [0.1, 0.15) is 5.56 Å². The van der Waals surface area contributed by atoms with E-state index >= 15 is 0 Å². The SMILES string of the molecule is O=[N+]([O-])c1ccccc1/C=C/C=Nc1ccc2oc(-c3ccc(Cl)cc3)nc2c1.